The summed E-state index contributed by atoms with van der Waals surface area (Å²) in [5.74, 6) is -1.99. The topological polar surface area (TPSA) is 55.2 Å². The number of rotatable bonds is 7. The molecule has 2 aromatic rings. The highest BCUT2D eigenvalue weighted by Gasteiger charge is 2.36. The van der Waals surface area contributed by atoms with Crippen LogP contribution < -0.4 is 4.74 Å². The molecule has 0 unspecified atom stereocenters. The van der Waals surface area contributed by atoms with Crippen molar-refractivity contribution in [3.05, 3.63) is 23.9 Å². The Morgan fingerprint density at radius 2 is 2.04 bits per heavy atom. The highest BCUT2D eigenvalue weighted by molar-refractivity contribution is 5.76. The van der Waals surface area contributed by atoms with Crippen molar-refractivity contribution >= 4 is 11.0 Å². The zero-order valence-electron chi connectivity index (χ0n) is 13.1. The first-order valence-electron chi connectivity index (χ1n) is 7.88. The monoisotopic (exact) mass is 322 g/mol. The molecule has 1 fully saturated rings. The van der Waals surface area contributed by atoms with Crippen LogP contribution in [0.3, 0.4) is 0 Å². The summed E-state index contributed by atoms with van der Waals surface area (Å²) in [5.41, 5.74) is 1.50. The fourth-order valence-electron chi connectivity index (χ4n) is 2.72. The average molecular weight is 322 g/mol. The number of benzene rings is 1. The summed E-state index contributed by atoms with van der Waals surface area (Å²) >= 11 is 0. The molecule has 0 spiro atoms. The second-order valence-electron chi connectivity index (χ2n) is 6.21. The lowest BCUT2D eigenvalue weighted by molar-refractivity contribution is -0.0230. The molecule has 1 aromatic carbocycles. The quantitative estimate of drug-likeness (QED) is 0.834. The minimum atomic E-state index is -2.62. The third kappa shape index (κ3) is 4.06. The van der Waals surface area contributed by atoms with Crippen molar-refractivity contribution in [1.82, 2.24) is 9.97 Å². The molecule has 4 nitrogen and oxygen atoms in total. The van der Waals surface area contributed by atoms with Gasteiger partial charge in [0.05, 0.1) is 18.1 Å². The van der Waals surface area contributed by atoms with Crippen molar-refractivity contribution < 1.29 is 18.6 Å². The average Bonchev–Trinajstić information content (AvgIpc) is 3.30. The molecule has 23 heavy (non-hydrogen) atoms. The Balaban J connectivity index is 1.66. The van der Waals surface area contributed by atoms with Gasteiger partial charge in [0, 0.05) is 18.9 Å². The predicted octanol–water partition coefficient (Wildman–Crippen LogP) is 4.10. The fourth-order valence-corrected chi connectivity index (χ4v) is 2.72. The van der Waals surface area contributed by atoms with Crippen molar-refractivity contribution in [3.8, 4) is 11.6 Å². The second kappa shape index (κ2) is 6.26. The number of methoxy groups -OCH3 is 1. The van der Waals surface area contributed by atoms with E-state index in [0.717, 1.165) is 12.8 Å². The standard InChI is InChI=1S/C17H20F2N2O2/c1-23-12-6-7-13-15(9-12)21-16(22)14(20-13)3-2-8-17(18,19)10-11-4-5-11/h6-7,9,11H,2-5,8,10H2,1H3,(H,21,22). The van der Waals surface area contributed by atoms with E-state index in [1.54, 1.807) is 25.3 Å². The number of alkyl halides is 2. The number of halogens is 2. The van der Waals surface area contributed by atoms with E-state index in [1.807, 2.05) is 0 Å². The third-order valence-electron chi connectivity index (χ3n) is 4.16. The minimum absolute atomic E-state index is 0.0117. The molecule has 0 aliphatic heterocycles. The molecule has 1 saturated carbocycles. The SMILES string of the molecule is COc1ccc2nc(CCCC(F)(F)CC3CC3)c(O)nc2c1. The molecule has 6 heteroatoms. The van der Waals surface area contributed by atoms with E-state index in [1.165, 1.54) is 0 Å². The first kappa shape index (κ1) is 15.9. The van der Waals surface area contributed by atoms with Crippen molar-refractivity contribution in [1.29, 1.82) is 0 Å². The Hall–Kier alpha value is -1.98. The van der Waals surface area contributed by atoms with Crippen LogP contribution in [0.1, 0.15) is 37.8 Å². The van der Waals surface area contributed by atoms with Crippen LogP contribution in [0.25, 0.3) is 11.0 Å². The van der Waals surface area contributed by atoms with E-state index in [4.69, 9.17) is 4.74 Å². The van der Waals surface area contributed by atoms with E-state index in [9.17, 15) is 13.9 Å². The maximum absolute atomic E-state index is 13.7. The van der Waals surface area contributed by atoms with Gasteiger partial charge in [-0.05, 0) is 43.7 Å². The number of nitrogens with zero attached hydrogens (tertiary/aromatic N) is 2. The van der Waals surface area contributed by atoms with Crippen molar-refractivity contribution in [2.75, 3.05) is 7.11 Å². The Kier molecular flexibility index (Phi) is 4.33. The smallest absolute Gasteiger partial charge is 0.248 e. The van der Waals surface area contributed by atoms with Crippen molar-refractivity contribution in [2.45, 2.75) is 44.4 Å². The van der Waals surface area contributed by atoms with Gasteiger partial charge in [-0.2, -0.15) is 0 Å². The lowest BCUT2D eigenvalue weighted by Gasteiger charge is -2.15. The molecule has 0 bridgehead atoms. The van der Waals surface area contributed by atoms with Gasteiger partial charge in [0.2, 0.25) is 11.8 Å². The highest BCUT2D eigenvalue weighted by atomic mass is 19.3. The van der Waals surface area contributed by atoms with Gasteiger partial charge in [0.1, 0.15) is 11.4 Å². The summed E-state index contributed by atoms with van der Waals surface area (Å²) in [6, 6.07) is 5.17. The first-order valence-corrected chi connectivity index (χ1v) is 7.88. The number of fused-ring (bicyclic) bond motifs is 1. The lowest BCUT2D eigenvalue weighted by Crippen LogP contribution is -2.17. The summed E-state index contributed by atoms with van der Waals surface area (Å²) in [5, 5.41) is 9.96. The van der Waals surface area contributed by atoms with E-state index in [2.05, 4.69) is 9.97 Å². The summed E-state index contributed by atoms with van der Waals surface area (Å²) in [6.45, 7) is 0. The zero-order valence-corrected chi connectivity index (χ0v) is 13.1. The molecule has 1 aliphatic carbocycles. The van der Waals surface area contributed by atoms with Crippen LogP contribution in [-0.4, -0.2) is 28.1 Å². The number of hydrogen-bond donors (Lipinski definition) is 1. The lowest BCUT2D eigenvalue weighted by atomic mass is 10.0. The molecule has 0 amide bonds. The molecule has 1 aromatic heterocycles. The van der Waals surface area contributed by atoms with E-state index < -0.39 is 5.92 Å². The minimum Gasteiger partial charge on any atom is -0.497 e. The number of aromatic nitrogens is 2. The Labute approximate surface area is 133 Å². The Morgan fingerprint density at radius 1 is 1.26 bits per heavy atom. The van der Waals surface area contributed by atoms with Crippen molar-refractivity contribution in [3.63, 3.8) is 0 Å². The third-order valence-corrected chi connectivity index (χ3v) is 4.16. The van der Waals surface area contributed by atoms with Crippen LogP contribution in [0.2, 0.25) is 0 Å². The molecule has 0 radical (unpaired) electrons. The summed E-state index contributed by atoms with van der Waals surface area (Å²) < 4.78 is 32.6. The maximum Gasteiger partial charge on any atom is 0.248 e. The van der Waals surface area contributed by atoms with Crippen LogP contribution in [0, 0.1) is 5.92 Å². The molecule has 1 heterocycles. The van der Waals surface area contributed by atoms with E-state index >= 15 is 0 Å². The van der Waals surface area contributed by atoms with Gasteiger partial charge in [-0.15, -0.1) is 0 Å². The van der Waals surface area contributed by atoms with Gasteiger partial charge in [-0.1, -0.05) is 0 Å². The van der Waals surface area contributed by atoms with E-state index in [-0.39, 0.29) is 31.1 Å². The highest BCUT2D eigenvalue weighted by Crippen LogP contribution is 2.41. The Morgan fingerprint density at radius 3 is 2.74 bits per heavy atom. The van der Waals surface area contributed by atoms with Gasteiger partial charge < -0.3 is 9.84 Å². The summed E-state index contributed by atoms with van der Waals surface area (Å²) in [6.07, 6.45) is 2.24. The maximum atomic E-state index is 13.7. The van der Waals surface area contributed by atoms with Crippen LogP contribution in [0.15, 0.2) is 18.2 Å². The number of hydrogen-bond acceptors (Lipinski definition) is 4. The van der Waals surface area contributed by atoms with Gasteiger partial charge in [-0.3, -0.25) is 0 Å². The number of aromatic hydroxyl groups is 1. The molecular weight excluding hydrogens is 302 g/mol. The first-order chi connectivity index (χ1) is 11.0. The number of aryl methyl sites for hydroxylation is 1. The zero-order chi connectivity index (χ0) is 16.4. The predicted molar refractivity (Wildman–Crippen MR) is 83.0 cm³/mol. The molecule has 0 saturated heterocycles. The molecule has 1 N–H and O–H groups in total. The molecule has 3 rings (SSSR count). The molecule has 0 atom stereocenters. The van der Waals surface area contributed by atoms with Crippen molar-refractivity contribution in [2.24, 2.45) is 5.92 Å². The van der Waals surface area contributed by atoms with E-state index in [0.29, 0.717) is 28.9 Å². The second-order valence-corrected chi connectivity index (χ2v) is 6.21. The molecule has 1 aliphatic rings. The normalized spacial score (nSPS) is 15.1. The fraction of sp³-hybridized carbons (Fsp3) is 0.529. The van der Waals surface area contributed by atoms with Gasteiger partial charge >= 0.3 is 0 Å². The van der Waals surface area contributed by atoms with Gasteiger partial charge in [-0.25, -0.2) is 18.7 Å². The van der Waals surface area contributed by atoms with Crippen LogP contribution >= 0.6 is 0 Å². The van der Waals surface area contributed by atoms with Crippen LogP contribution in [0.5, 0.6) is 11.6 Å². The summed E-state index contributed by atoms with van der Waals surface area (Å²) in [4.78, 5) is 8.41. The largest absolute Gasteiger partial charge is 0.497 e. The Bertz CT molecular complexity index is 702. The molecular formula is C17H20F2N2O2. The molecule has 124 valence electrons. The van der Waals surface area contributed by atoms with Gasteiger partial charge in [0.15, 0.2) is 0 Å². The van der Waals surface area contributed by atoms with Crippen LogP contribution in [0.4, 0.5) is 8.78 Å². The summed E-state index contributed by atoms with van der Waals surface area (Å²) in [7, 11) is 1.55. The number of ether oxygens (including phenoxy) is 1. The van der Waals surface area contributed by atoms with Crippen LogP contribution in [-0.2, 0) is 6.42 Å². The van der Waals surface area contributed by atoms with Gasteiger partial charge in [0.25, 0.3) is 0 Å².